The van der Waals surface area contributed by atoms with E-state index in [1.807, 2.05) is 18.2 Å². The van der Waals surface area contributed by atoms with Gasteiger partial charge in [0.2, 0.25) is 0 Å². The van der Waals surface area contributed by atoms with E-state index >= 15 is 0 Å². The molecule has 0 amide bonds. The van der Waals surface area contributed by atoms with Gasteiger partial charge in [0.25, 0.3) is 0 Å². The SMILES string of the molecule is c1ccc(COc2ccc([C@H]3C[C@@H]3NC3CNC3)cc2)cc1. The minimum Gasteiger partial charge on any atom is -0.489 e. The van der Waals surface area contributed by atoms with Crippen LogP contribution < -0.4 is 15.4 Å². The Balaban J connectivity index is 1.29. The molecular formula is C19H22N2O. The molecule has 1 saturated carbocycles. The zero-order valence-electron chi connectivity index (χ0n) is 12.7. The molecule has 22 heavy (non-hydrogen) atoms. The lowest BCUT2D eigenvalue weighted by Crippen LogP contribution is -2.56. The monoisotopic (exact) mass is 294 g/mol. The van der Waals surface area contributed by atoms with Crippen molar-refractivity contribution < 1.29 is 4.74 Å². The number of rotatable bonds is 6. The van der Waals surface area contributed by atoms with E-state index in [2.05, 4.69) is 47.0 Å². The third kappa shape index (κ3) is 3.16. The molecule has 0 spiro atoms. The van der Waals surface area contributed by atoms with E-state index in [1.165, 1.54) is 17.5 Å². The maximum atomic E-state index is 5.84. The summed E-state index contributed by atoms with van der Waals surface area (Å²) in [7, 11) is 0. The van der Waals surface area contributed by atoms with Crippen molar-refractivity contribution >= 4 is 0 Å². The predicted octanol–water partition coefficient (Wildman–Crippen LogP) is 2.68. The van der Waals surface area contributed by atoms with Crippen LogP contribution in [0.5, 0.6) is 5.75 Å². The first-order valence-electron chi connectivity index (χ1n) is 8.12. The standard InChI is InChI=1S/C19H22N2O/c1-2-4-14(5-3-1)13-22-17-8-6-15(7-9-17)18-10-19(18)21-16-11-20-12-16/h1-9,16,18-21H,10-13H2/t18-,19+/m1/s1. The third-order valence-electron chi connectivity index (χ3n) is 4.58. The average molecular weight is 294 g/mol. The van der Waals surface area contributed by atoms with E-state index in [0.29, 0.717) is 24.6 Å². The number of hydrogen-bond donors (Lipinski definition) is 2. The summed E-state index contributed by atoms with van der Waals surface area (Å²) in [6.45, 7) is 2.87. The normalized spacial score (nSPS) is 23.8. The van der Waals surface area contributed by atoms with E-state index in [0.717, 1.165) is 18.8 Å². The predicted molar refractivity (Wildman–Crippen MR) is 88.2 cm³/mol. The summed E-state index contributed by atoms with van der Waals surface area (Å²) in [5.41, 5.74) is 2.63. The average Bonchev–Trinajstić information content (AvgIpc) is 3.30. The maximum Gasteiger partial charge on any atom is 0.119 e. The molecule has 2 aromatic carbocycles. The topological polar surface area (TPSA) is 33.3 Å². The molecule has 2 N–H and O–H groups in total. The van der Waals surface area contributed by atoms with Crippen molar-refractivity contribution in [1.82, 2.24) is 10.6 Å². The molecule has 1 aliphatic carbocycles. The molecule has 2 aromatic rings. The van der Waals surface area contributed by atoms with E-state index in [-0.39, 0.29) is 0 Å². The molecule has 2 atom stereocenters. The molecular weight excluding hydrogens is 272 g/mol. The van der Waals surface area contributed by atoms with Crippen molar-refractivity contribution in [2.75, 3.05) is 13.1 Å². The Hall–Kier alpha value is -1.84. The molecule has 0 bridgehead atoms. The molecule has 3 heteroatoms. The van der Waals surface area contributed by atoms with Gasteiger partial charge in [-0.05, 0) is 29.7 Å². The molecule has 0 unspecified atom stereocenters. The minimum absolute atomic E-state index is 0.627. The molecule has 114 valence electrons. The number of nitrogens with one attached hydrogen (secondary N) is 2. The van der Waals surface area contributed by atoms with Gasteiger partial charge in [0, 0.05) is 31.1 Å². The quantitative estimate of drug-likeness (QED) is 0.859. The smallest absolute Gasteiger partial charge is 0.119 e. The van der Waals surface area contributed by atoms with Crippen LogP contribution in [0.2, 0.25) is 0 Å². The summed E-state index contributed by atoms with van der Waals surface area (Å²) in [4.78, 5) is 0. The fourth-order valence-electron chi connectivity index (χ4n) is 3.01. The lowest BCUT2D eigenvalue weighted by molar-refractivity contribution is 0.306. The van der Waals surface area contributed by atoms with Gasteiger partial charge < -0.3 is 15.4 Å². The van der Waals surface area contributed by atoms with Gasteiger partial charge in [0.15, 0.2) is 0 Å². The second-order valence-electron chi connectivity index (χ2n) is 6.31. The van der Waals surface area contributed by atoms with Crippen LogP contribution in [0.4, 0.5) is 0 Å². The van der Waals surface area contributed by atoms with Crippen molar-refractivity contribution in [1.29, 1.82) is 0 Å². The summed E-state index contributed by atoms with van der Waals surface area (Å²) in [6.07, 6.45) is 1.26. The second kappa shape index (κ2) is 6.11. The van der Waals surface area contributed by atoms with Crippen molar-refractivity contribution in [2.45, 2.75) is 31.0 Å². The number of hydrogen-bond acceptors (Lipinski definition) is 3. The molecule has 1 saturated heterocycles. The molecule has 2 aliphatic rings. The zero-order chi connectivity index (χ0) is 14.8. The van der Waals surface area contributed by atoms with Crippen LogP contribution in [0.3, 0.4) is 0 Å². The van der Waals surface area contributed by atoms with Crippen LogP contribution in [0.1, 0.15) is 23.5 Å². The molecule has 3 nitrogen and oxygen atoms in total. The molecule has 2 fully saturated rings. The fraction of sp³-hybridized carbons (Fsp3) is 0.368. The Morgan fingerprint density at radius 3 is 2.45 bits per heavy atom. The molecule has 0 aromatic heterocycles. The summed E-state index contributed by atoms with van der Waals surface area (Å²) < 4.78 is 5.84. The van der Waals surface area contributed by atoms with Gasteiger partial charge in [-0.3, -0.25) is 0 Å². The first-order valence-corrected chi connectivity index (χ1v) is 8.12. The highest BCUT2D eigenvalue weighted by molar-refractivity contribution is 5.34. The lowest BCUT2D eigenvalue weighted by Gasteiger charge is -2.28. The third-order valence-corrected chi connectivity index (χ3v) is 4.58. The van der Waals surface area contributed by atoms with Crippen LogP contribution >= 0.6 is 0 Å². The highest BCUT2D eigenvalue weighted by atomic mass is 16.5. The first kappa shape index (κ1) is 13.8. The largest absolute Gasteiger partial charge is 0.489 e. The van der Waals surface area contributed by atoms with Crippen LogP contribution in [-0.2, 0) is 6.61 Å². The van der Waals surface area contributed by atoms with Gasteiger partial charge in [-0.15, -0.1) is 0 Å². The van der Waals surface area contributed by atoms with Crippen LogP contribution in [0.15, 0.2) is 54.6 Å². The van der Waals surface area contributed by atoms with Gasteiger partial charge in [-0.1, -0.05) is 42.5 Å². The first-order chi connectivity index (χ1) is 10.9. The van der Waals surface area contributed by atoms with Crippen molar-refractivity contribution in [3.63, 3.8) is 0 Å². The summed E-state index contributed by atoms with van der Waals surface area (Å²) in [6, 6.07) is 20.3. The number of benzene rings is 2. The van der Waals surface area contributed by atoms with Crippen molar-refractivity contribution in [3.8, 4) is 5.75 Å². The zero-order valence-corrected chi connectivity index (χ0v) is 12.7. The van der Waals surface area contributed by atoms with Gasteiger partial charge in [-0.2, -0.15) is 0 Å². The molecule has 1 aliphatic heterocycles. The highest BCUT2D eigenvalue weighted by Gasteiger charge is 2.40. The van der Waals surface area contributed by atoms with Gasteiger partial charge >= 0.3 is 0 Å². The Morgan fingerprint density at radius 1 is 1.00 bits per heavy atom. The van der Waals surface area contributed by atoms with Crippen molar-refractivity contribution in [2.24, 2.45) is 0 Å². The van der Waals surface area contributed by atoms with Crippen molar-refractivity contribution in [3.05, 3.63) is 65.7 Å². The number of ether oxygens (including phenoxy) is 1. The van der Waals surface area contributed by atoms with E-state index in [1.54, 1.807) is 0 Å². The Bertz CT molecular complexity index is 607. The summed E-state index contributed by atoms with van der Waals surface area (Å²) in [5.74, 6) is 1.63. The van der Waals surface area contributed by atoms with E-state index in [4.69, 9.17) is 4.74 Å². The van der Waals surface area contributed by atoms with Gasteiger partial charge in [-0.25, -0.2) is 0 Å². The Morgan fingerprint density at radius 2 is 1.77 bits per heavy atom. The Labute approximate surface area is 131 Å². The fourth-order valence-corrected chi connectivity index (χ4v) is 3.01. The maximum absolute atomic E-state index is 5.84. The van der Waals surface area contributed by atoms with Crippen LogP contribution in [-0.4, -0.2) is 25.2 Å². The van der Waals surface area contributed by atoms with Crippen LogP contribution in [0.25, 0.3) is 0 Å². The molecule has 0 radical (unpaired) electrons. The van der Waals surface area contributed by atoms with Gasteiger partial charge in [0.05, 0.1) is 0 Å². The molecule has 1 heterocycles. The van der Waals surface area contributed by atoms with E-state index < -0.39 is 0 Å². The summed E-state index contributed by atoms with van der Waals surface area (Å²) >= 11 is 0. The minimum atomic E-state index is 0.627. The second-order valence-corrected chi connectivity index (χ2v) is 6.31. The van der Waals surface area contributed by atoms with Crippen LogP contribution in [0, 0.1) is 0 Å². The lowest BCUT2D eigenvalue weighted by atomic mass is 10.1. The molecule has 4 rings (SSSR count). The Kier molecular flexibility index (Phi) is 3.83. The van der Waals surface area contributed by atoms with E-state index in [9.17, 15) is 0 Å². The van der Waals surface area contributed by atoms with Gasteiger partial charge in [0.1, 0.15) is 12.4 Å². The summed E-state index contributed by atoms with van der Waals surface area (Å²) in [5, 5.41) is 7.01. The highest BCUT2D eigenvalue weighted by Crippen LogP contribution is 2.41.